The fourth-order valence-corrected chi connectivity index (χ4v) is 2.98. The van der Waals surface area contributed by atoms with E-state index in [9.17, 15) is 14.4 Å². The van der Waals surface area contributed by atoms with E-state index in [0.717, 1.165) is 25.7 Å². The highest BCUT2D eigenvalue weighted by Gasteiger charge is 2.28. The van der Waals surface area contributed by atoms with Crippen LogP contribution in [0.3, 0.4) is 0 Å². The fraction of sp³-hybridized carbons (Fsp3) is 0.348. The highest BCUT2D eigenvalue weighted by molar-refractivity contribution is 5.95. The maximum absolute atomic E-state index is 12.1. The summed E-state index contributed by atoms with van der Waals surface area (Å²) in [6.45, 7) is 0.815. The molecule has 1 aliphatic carbocycles. The summed E-state index contributed by atoms with van der Waals surface area (Å²) in [5.74, 6) is 0.00542. The van der Waals surface area contributed by atoms with Crippen LogP contribution in [0, 0.1) is 5.92 Å². The summed E-state index contributed by atoms with van der Waals surface area (Å²) in [5, 5.41) is 8.44. The Morgan fingerprint density at radius 1 is 0.862 bits per heavy atom. The van der Waals surface area contributed by atoms with Gasteiger partial charge in [-0.1, -0.05) is 30.3 Å². The van der Waals surface area contributed by atoms with Crippen LogP contribution in [0.25, 0.3) is 0 Å². The standard InChI is InChI=1S/C23H27N3O3/c27-21(8-4-7-17-5-2-1-3-6-17)26-20-13-11-19(12-14-20)23(29)25-16-15-24-22(28)18-9-10-18/h1-3,5-6,11-14,18H,4,7-10,15-16H2,(H,24,28)(H,25,29)(H,26,27). The third-order valence-electron chi connectivity index (χ3n) is 4.80. The Kier molecular flexibility index (Phi) is 7.39. The molecule has 2 aromatic rings. The SMILES string of the molecule is O=C(CCCc1ccccc1)Nc1ccc(C(=O)NCCNC(=O)C2CC2)cc1. The van der Waals surface area contributed by atoms with Crippen LogP contribution in [0.5, 0.6) is 0 Å². The normalized spacial score (nSPS) is 12.8. The Labute approximate surface area is 171 Å². The second kappa shape index (κ2) is 10.4. The van der Waals surface area contributed by atoms with Gasteiger partial charge in [0.15, 0.2) is 0 Å². The number of hydrogen-bond donors (Lipinski definition) is 3. The lowest BCUT2D eigenvalue weighted by molar-refractivity contribution is -0.122. The monoisotopic (exact) mass is 393 g/mol. The zero-order valence-electron chi connectivity index (χ0n) is 16.4. The van der Waals surface area contributed by atoms with Crippen molar-refractivity contribution in [1.29, 1.82) is 0 Å². The van der Waals surface area contributed by atoms with E-state index in [-0.39, 0.29) is 23.6 Å². The quantitative estimate of drug-likeness (QED) is 0.543. The van der Waals surface area contributed by atoms with Crippen LogP contribution in [-0.4, -0.2) is 30.8 Å². The van der Waals surface area contributed by atoms with E-state index in [4.69, 9.17) is 0 Å². The summed E-state index contributed by atoms with van der Waals surface area (Å²) in [4.78, 5) is 35.7. The van der Waals surface area contributed by atoms with Gasteiger partial charge in [-0.2, -0.15) is 0 Å². The molecule has 0 heterocycles. The van der Waals surface area contributed by atoms with Crippen molar-refractivity contribution in [1.82, 2.24) is 10.6 Å². The second-order valence-electron chi connectivity index (χ2n) is 7.29. The number of carbonyl (C=O) groups excluding carboxylic acids is 3. The molecular formula is C23H27N3O3. The molecule has 29 heavy (non-hydrogen) atoms. The average molecular weight is 393 g/mol. The molecule has 1 fully saturated rings. The van der Waals surface area contributed by atoms with Crippen molar-refractivity contribution in [3.8, 4) is 0 Å². The molecule has 1 aliphatic rings. The van der Waals surface area contributed by atoms with Gasteiger partial charge in [0.05, 0.1) is 0 Å². The van der Waals surface area contributed by atoms with Gasteiger partial charge < -0.3 is 16.0 Å². The van der Waals surface area contributed by atoms with Gasteiger partial charge in [0.25, 0.3) is 5.91 Å². The van der Waals surface area contributed by atoms with Crippen molar-refractivity contribution >= 4 is 23.4 Å². The zero-order valence-corrected chi connectivity index (χ0v) is 16.4. The van der Waals surface area contributed by atoms with Gasteiger partial charge in [-0.15, -0.1) is 0 Å². The van der Waals surface area contributed by atoms with Crippen molar-refractivity contribution < 1.29 is 14.4 Å². The van der Waals surface area contributed by atoms with Gasteiger partial charge in [-0.3, -0.25) is 14.4 Å². The van der Waals surface area contributed by atoms with Crippen molar-refractivity contribution in [2.75, 3.05) is 18.4 Å². The first-order valence-corrected chi connectivity index (χ1v) is 10.1. The van der Waals surface area contributed by atoms with Gasteiger partial charge in [-0.05, 0) is 55.5 Å². The van der Waals surface area contributed by atoms with Crippen LogP contribution in [0.15, 0.2) is 54.6 Å². The highest BCUT2D eigenvalue weighted by Crippen LogP contribution is 2.28. The van der Waals surface area contributed by atoms with E-state index in [1.807, 2.05) is 18.2 Å². The Bertz CT molecular complexity index is 830. The molecule has 3 N–H and O–H groups in total. The molecule has 3 rings (SSSR count). The zero-order chi connectivity index (χ0) is 20.5. The third-order valence-corrected chi connectivity index (χ3v) is 4.80. The number of rotatable bonds is 10. The number of benzene rings is 2. The predicted octanol–water partition coefficient (Wildman–Crippen LogP) is 2.90. The minimum atomic E-state index is -0.202. The molecule has 0 aliphatic heterocycles. The summed E-state index contributed by atoms with van der Waals surface area (Å²) in [6.07, 6.45) is 4.04. The first kappa shape index (κ1) is 20.6. The molecule has 0 saturated heterocycles. The Hall–Kier alpha value is -3.15. The summed E-state index contributed by atoms with van der Waals surface area (Å²) in [6, 6.07) is 16.9. The number of amides is 3. The van der Waals surface area contributed by atoms with Crippen molar-refractivity contribution in [3.05, 3.63) is 65.7 Å². The lowest BCUT2D eigenvalue weighted by atomic mass is 10.1. The van der Waals surface area contributed by atoms with Gasteiger partial charge >= 0.3 is 0 Å². The Morgan fingerprint density at radius 2 is 1.55 bits per heavy atom. The maximum atomic E-state index is 12.1. The van der Waals surface area contributed by atoms with Crippen LogP contribution in [0.2, 0.25) is 0 Å². The Morgan fingerprint density at radius 3 is 2.24 bits per heavy atom. The Balaban J connectivity index is 1.34. The van der Waals surface area contributed by atoms with Gasteiger partial charge in [0.2, 0.25) is 11.8 Å². The van der Waals surface area contributed by atoms with E-state index in [0.29, 0.717) is 30.8 Å². The van der Waals surface area contributed by atoms with Crippen LogP contribution >= 0.6 is 0 Å². The van der Waals surface area contributed by atoms with Crippen LogP contribution < -0.4 is 16.0 Å². The minimum absolute atomic E-state index is 0.0375. The number of nitrogens with one attached hydrogen (secondary N) is 3. The molecule has 1 saturated carbocycles. The smallest absolute Gasteiger partial charge is 0.251 e. The second-order valence-corrected chi connectivity index (χ2v) is 7.29. The molecule has 6 nitrogen and oxygen atoms in total. The van der Waals surface area contributed by atoms with Gasteiger partial charge in [-0.25, -0.2) is 0 Å². The number of hydrogen-bond acceptors (Lipinski definition) is 3. The number of aryl methyl sites for hydroxylation is 1. The maximum Gasteiger partial charge on any atom is 0.251 e. The van der Waals surface area contributed by atoms with Crippen LogP contribution in [0.1, 0.15) is 41.6 Å². The molecule has 0 radical (unpaired) electrons. The van der Waals surface area contributed by atoms with Gasteiger partial charge in [0, 0.05) is 36.7 Å². The molecule has 6 heteroatoms. The molecule has 0 unspecified atom stereocenters. The predicted molar refractivity (Wildman–Crippen MR) is 113 cm³/mol. The van der Waals surface area contributed by atoms with E-state index >= 15 is 0 Å². The lowest BCUT2D eigenvalue weighted by Gasteiger charge is -2.08. The molecule has 0 spiro atoms. The largest absolute Gasteiger partial charge is 0.354 e. The van der Waals surface area contributed by atoms with Crippen LogP contribution in [-0.2, 0) is 16.0 Å². The topological polar surface area (TPSA) is 87.3 Å². The van der Waals surface area contributed by atoms with E-state index in [1.54, 1.807) is 24.3 Å². The summed E-state index contributed by atoms with van der Waals surface area (Å²) in [5.41, 5.74) is 2.41. The number of carbonyl (C=O) groups is 3. The molecule has 3 amide bonds. The summed E-state index contributed by atoms with van der Waals surface area (Å²) in [7, 11) is 0. The summed E-state index contributed by atoms with van der Waals surface area (Å²) >= 11 is 0. The molecule has 2 aromatic carbocycles. The lowest BCUT2D eigenvalue weighted by Crippen LogP contribution is -2.35. The molecular weight excluding hydrogens is 366 g/mol. The minimum Gasteiger partial charge on any atom is -0.354 e. The average Bonchev–Trinajstić information content (AvgIpc) is 3.58. The molecule has 0 atom stereocenters. The van der Waals surface area contributed by atoms with Crippen molar-refractivity contribution in [2.45, 2.75) is 32.1 Å². The third kappa shape index (κ3) is 7.07. The number of anilines is 1. The van der Waals surface area contributed by atoms with E-state index in [2.05, 4.69) is 28.1 Å². The fourth-order valence-electron chi connectivity index (χ4n) is 2.98. The first-order chi connectivity index (χ1) is 14.1. The van der Waals surface area contributed by atoms with E-state index < -0.39 is 0 Å². The molecule has 0 aromatic heterocycles. The molecule has 152 valence electrons. The van der Waals surface area contributed by atoms with E-state index in [1.165, 1.54) is 5.56 Å². The molecule has 0 bridgehead atoms. The van der Waals surface area contributed by atoms with Gasteiger partial charge in [0.1, 0.15) is 0 Å². The van der Waals surface area contributed by atoms with Crippen molar-refractivity contribution in [2.24, 2.45) is 5.92 Å². The van der Waals surface area contributed by atoms with Crippen LogP contribution in [0.4, 0.5) is 5.69 Å². The van der Waals surface area contributed by atoms with Crippen molar-refractivity contribution in [3.63, 3.8) is 0 Å². The summed E-state index contributed by atoms with van der Waals surface area (Å²) < 4.78 is 0. The highest BCUT2D eigenvalue weighted by atomic mass is 16.2. The first-order valence-electron chi connectivity index (χ1n) is 10.1.